The van der Waals surface area contributed by atoms with Crippen LogP contribution in [-0.2, 0) is 14.2 Å². The molecule has 100 valence electrons. The molecule has 1 aromatic rings. The van der Waals surface area contributed by atoms with Crippen molar-refractivity contribution in [1.82, 2.24) is 5.32 Å². The van der Waals surface area contributed by atoms with Gasteiger partial charge in [-0.2, -0.15) is 0 Å². The summed E-state index contributed by atoms with van der Waals surface area (Å²) in [5.74, 6) is 0.0584. The van der Waals surface area contributed by atoms with E-state index in [0.29, 0.717) is 0 Å². The van der Waals surface area contributed by atoms with E-state index in [-0.39, 0.29) is 5.88 Å². The largest absolute Gasteiger partial charge is 0.504 e. The van der Waals surface area contributed by atoms with E-state index in [1.165, 1.54) is 12.5 Å². The van der Waals surface area contributed by atoms with Crippen LogP contribution in [0.15, 0.2) is 42.7 Å². The van der Waals surface area contributed by atoms with Gasteiger partial charge in [0.05, 0.1) is 13.4 Å². The molecule has 0 spiro atoms. The van der Waals surface area contributed by atoms with Gasteiger partial charge in [-0.25, -0.2) is 4.79 Å². The number of rotatable bonds is 4. The molecule has 1 amide bonds. The fourth-order valence-corrected chi connectivity index (χ4v) is 1.61. The number of hydrogen-bond acceptors (Lipinski definition) is 4. The summed E-state index contributed by atoms with van der Waals surface area (Å²) in [6.45, 7) is 0. The lowest BCUT2D eigenvalue weighted by Gasteiger charge is -2.14. The Bertz CT molecular complexity index is 524. The van der Waals surface area contributed by atoms with Gasteiger partial charge in [0.25, 0.3) is 6.29 Å². The minimum atomic E-state index is -1.21. The molecular formula is C13H13NO5. The van der Waals surface area contributed by atoms with Gasteiger partial charge in [0.2, 0.25) is 5.88 Å². The first-order valence-corrected chi connectivity index (χ1v) is 5.51. The first-order chi connectivity index (χ1) is 9.20. The number of nitrogens with one attached hydrogen (secondary N) is 1. The molecule has 0 radical (unpaired) electrons. The smallest absolute Gasteiger partial charge is 0.411 e. The quantitative estimate of drug-likeness (QED) is 0.816. The second kappa shape index (κ2) is 5.81. The van der Waals surface area contributed by atoms with E-state index >= 15 is 0 Å². The molecular weight excluding hydrogens is 250 g/mol. The Kier molecular flexibility index (Phi) is 3.92. The second-order valence-corrected chi connectivity index (χ2v) is 3.67. The molecule has 0 fully saturated rings. The summed E-state index contributed by atoms with van der Waals surface area (Å²) in [4.78, 5) is 10.5. The zero-order chi connectivity index (χ0) is 13.7. The second-order valence-electron chi connectivity index (χ2n) is 3.67. The van der Waals surface area contributed by atoms with Crippen LogP contribution < -0.4 is 5.32 Å². The van der Waals surface area contributed by atoms with Crippen molar-refractivity contribution in [2.45, 2.75) is 6.29 Å². The van der Waals surface area contributed by atoms with Gasteiger partial charge in [0.15, 0.2) is 0 Å². The average Bonchev–Trinajstić information content (AvgIpc) is 2.84. The zero-order valence-corrected chi connectivity index (χ0v) is 10.2. The molecule has 0 saturated carbocycles. The normalized spacial score (nSPS) is 17.5. The fourth-order valence-electron chi connectivity index (χ4n) is 1.61. The predicted octanol–water partition coefficient (Wildman–Crippen LogP) is 2.42. The van der Waals surface area contributed by atoms with Gasteiger partial charge in [-0.05, 0) is 11.6 Å². The SMILES string of the molecule is COC=Cc1ccccc1C1OC=C(NC(=O)O)O1. The van der Waals surface area contributed by atoms with E-state index in [2.05, 4.69) is 5.32 Å². The molecule has 2 rings (SSSR count). The topological polar surface area (TPSA) is 77.0 Å². The minimum Gasteiger partial charge on any atom is -0.504 e. The van der Waals surface area contributed by atoms with Crippen molar-refractivity contribution in [3.8, 4) is 0 Å². The summed E-state index contributed by atoms with van der Waals surface area (Å²) in [5, 5.41) is 10.7. The van der Waals surface area contributed by atoms with Crippen LogP contribution in [0.25, 0.3) is 6.08 Å². The molecule has 1 unspecified atom stereocenters. The van der Waals surface area contributed by atoms with E-state index in [4.69, 9.17) is 19.3 Å². The maximum atomic E-state index is 10.5. The van der Waals surface area contributed by atoms with E-state index in [1.54, 1.807) is 13.2 Å². The van der Waals surface area contributed by atoms with Crippen molar-refractivity contribution >= 4 is 12.2 Å². The van der Waals surface area contributed by atoms with Crippen molar-refractivity contribution in [3.05, 3.63) is 53.8 Å². The number of carboxylic acid groups (broad SMARTS) is 1. The molecule has 1 aliphatic rings. The number of methoxy groups -OCH3 is 1. The summed E-state index contributed by atoms with van der Waals surface area (Å²) in [6, 6.07) is 7.42. The van der Waals surface area contributed by atoms with Crippen LogP contribution in [-0.4, -0.2) is 18.3 Å². The van der Waals surface area contributed by atoms with Crippen LogP contribution in [0.3, 0.4) is 0 Å². The van der Waals surface area contributed by atoms with Gasteiger partial charge in [-0.15, -0.1) is 0 Å². The third-order valence-corrected chi connectivity index (χ3v) is 2.40. The molecule has 6 nitrogen and oxygen atoms in total. The highest BCUT2D eigenvalue weighted by Gasteiger charge is 2.24. The van der Waals surface area contributed by atoms with Crippen LogP contribution in [0.5, 0.6) is 0 Å². The minimum absolute atomic E-state index is 0.0584. The molecule has 6 heteroatoms. The maximum Gasteiger partial charge on any atom is 0.411 e. The lowest BCUT2D eigenvalue weighted by molar-refractivity contribution is -0.0372. The Morgan fingerprint density at radius 1 is 1.47 bits per heavy atom. The molecule has 1 heterocycles. The molecule has 0 saturated heterocycles. The standard InChI is InChI=1S/C13H13NO5/c1-17-7-6-9-4-2-3-5-10(9)12-18-8-11(19-12)14-13(15)16/h2-8,12,14H,1H3,(H,15,16). The number of benzene rings is 1. The Hall–Kier alpha value is -2.63. The highest BCUT2D eigenvalue weighted by molar-refractivity contribution is 5.66. The van der Waals surface area contributed by atoms with Gasteiger partial charge in [-0.3, -0.25) is 5.32 Å². The van der Waals surface area contributed by atoms with E-state index in [0.717, 1.165) is 11.1 Å². The van der Waals surface area contributed by atoms with Gasteiger partial charge >= 0.3 is 6.09 Å². The Morgan fingerprint density at radius 3 is 3.00 bits per heavy atom. The molecule has 1 atom stereocenters. The van der Waals surface area contributed by atoms with Crippen molar-refractivity contribution in [2.24, 2.45) is 0 Å². The summed E-state index contributed by atoms with van der Waals surface area (Å²) < 4.78 is 15.5. The van der Waals surface area contributed by atoms with Gasteiger partial charge in [0.1, 0.15) is 6.26 Å². The number of amides is 1. The highest BCUT2D eigenvalue weighted by atomic mass is 16.7. The van der Waals surface area contributed by atoms with Crippen LogP contribution in [0, 0.1) is 0 Å². The summed E-state index contributed by atoms with van der Waals surface area (Å²) >= 11 is 0. The van der Waals surface area contributed by atoms with E-state index in [9.17, 15) is 4.79 Å². The lowest BCUT2D eigenvalue weighted by Crippen LogP contribution is -2.20. The number of carbonyl (C=O) groups is 1. The fraction of sp³-hybridized carbons (Fsp3) is 0.154. The number of ether oxygens (including phenoxy) is 3. The van der Waals surface area contributed by atoms with Crippen LogP contribution in [0.4, 0.5) is 4.79 Å². The Balaban J connectivity index is 2.12. The predicted molar refractivity (Wildman–Crippen MR) is 66.6 cm³/mol. The molecule has 2 N–H and O–H groups in total. The van der Waals surface area contributed by atoms with Crippen LogP contribution in [0.2, 0.25) is 0 Å². The maximum absolute atomic E-state index is 10.5. The van der Waals surface area contributed by atoms with Gasteiger partial charge in [0, 0.05) is 5.56 Å². The van der Waals surface area contributed by atoms with Gasteiger partial charge in [-0.1, -0.05) is 24.3 Å². The highest BCUT2D eigenvalue weighted by Crippen LogP contribution is 2.30. The first kappa shape index (κ1) is 12.8. The molecule has 0 bridgehead atoms. The van der Waals surface area contributed by atoms with E-state index in [1.807, 2.05) is 24.3 Å². The van der Waals surface area contributed by atoms with Crippen molar-refractivity contribution in [2.75, 3.05) is 7.11 Å². The third-order valence-electron chi connectivity index (χ3n) is 2.40. The Labute approximate surface area is 109 Å². The third kappa shape index (κ3) is 3.19. The molecule has 1 aliphatic heterocycles. The average molecular weight is 263 g/mol. The molecule has 19 heavy (non-hydrogen) atoms. The molecule has 0 aromatic heterocycles. The first-order valence-electron chi connectivity index (χ1n) is 5.51. The lowest BCUT2D eigenvalue weighted by atomic mass is 10.1. The van der Waals surface area contributed by atoms with Gasteiger partial charge < -0.3 is 19.3 Å². The molecule has 1 aromatic carbocycles. The van der Waals surface area contributed by atoms with Crippen molar-refractivity contribution < 1.29 is 24.1 Å². The monoisotopic (exact) mass is 263 g/mol. The van der Waals surface area contributed by atoms with Crippen molar-refractivity contribution in [3.63, 3.8) is 0 Å². The molecule has 0 aliphatic carbocycles. The Morgan fingerprint density at radius 2 is 2.26 bits per heavy atom. The van der Waals surface area contributed by atoms with Crippen LogP contribution >= 0.6 is 0 Å². The zero-order valence-electron chi connectivity index (χ0n) is 10.2. The summed E-state index contributed by atoms with van der Waals surface area (Å²) in [7, 11) is 1.55. The van der Waals surface area contributed by atoms with E-state index < -0.39 is 12.4 Å². The summed E-state index contributed by atoms with van der Waals surface area (Å²) in [6.07, 6.45) is 2.65. The van der Waals surface area contributed by atoms with Crippen LogP contribution in [0.1, 0.15) is 17.4 Å². The van der Waals surface area contributed by atoms with Crippen molar-refractivity contribution in [1.29, 1.82) is 0 Å². The summed E-state index contributed by atoms with van der Waals surface area (Å²) in [5.41, 5.74) is 1.63. The number of hydrogen-bond donors (Lipinski definition) is 2.